The van der Waals surface area contributed by atoms with Crippen molar-refractivity contribution < 1.29 is 17.9 Å². The second kappa shape index (κ2) is 6.50. The standard InChI is InChI=1S/C14H14F3N3O2/c1-2-22-10-5-3-9(4-6-10)8-18-13-19-11(14(15,16)17)7-12(21)20-13/h3-7H,2,8H2,1H3,(H2,18,19,20,21). The molecule has 0 aliphatic heterocycles. The van der Waals surface area contributed by atoms with E-state index in [0.717, 1.165) is 5.56 Å². The van der Waals surface area contributed by atoms with Gasteiger partial charge in [-0.15, -0.1) is 0 Å². The minimum absolute atomic E-state index is 0.219. The molecule has 0 fully saturated rings. The Hall–Kier alpha value is -2.51. The van der Waals surface area contributed by atoms with E-state index in [-0.39, 0.29) is 12.5 Å². The SMILES string of the molecule is CCOc1ccc(CNc2nc(C(F)(F)F)cc(=O)[nH]2)cc1. The second-order valence-corrected chi connectivity index (χ2v) is 4.41. The van der Waals surface area contributed by atoms with Crippen molar-refractivity contribution in [3.63, 3.8) is 0 Å². The summed E-state index contributed by atoms with van der Waals surface area (Å²) in [4.78, 5) is 16.8. The lowest BCUT2D eigenvalue weighted by molar-refractivity contribution is -0.141. The lowest BCUT2D eigenvalue weighted by atomic mass is 10.2. The van der Waals surface area contributed by atoms with Crippen LogP contribution in [0.4, 0.5) is 19.1 Å². The number of aromatic amines is 1. The smallest absolute Gasteiger partial charge is 0.433 e. The fraction of sp³-hybridized carbons (Fsp3) is 0.286. The van der Waals surface area contributed by atoms with Crippen molar-refractivity contribution in [2.75, 3.05) is 11.9 Å². The van der Waals surface area contributed by atoms with Gasteiger partial charge in [-0.1, -0.05) is 12.1 Å². The molecule has 2 N–H and O–H groups in total. The molecule has 0 aliphatic carbocycles. The highest BCUT2D eigenvalue weighted by Gasteiger charge is 2.33. The van der Waals surface area contributed by atoms with Crippen LogP contribution in [0.1, 0.15) is 18.2 Å². The van der Waals surface area contributed by atoms with Crippen LogP contribution in [0.2, 0.25) is 0 Å². The molecule has 0 spiro atoms. The molecule has 0 saturated heterocycles. The quantitative estimate of drug-likeness (QED) is 0.891. The van der Waals surface area contributed by atoms with Crippen LogP contribution in [-0.4, -0.2) is 16.6 Å². The van der Waals surface area contributed by atoms with E-state index in [0.29, 0.717) is 18.4 Å². The molecule has 0 unspecified atom stereocenters. The highest BCUT2D eigenvalue weighted by atomic mass is 19.4. The molecular formula is C14H14F3N3O2. The fourth-order valence-electron chi connectivity index (χ4n) is 1.74. The van der Waals surface area contributed by atoms with Crippen molar-refractivity contribution in [1.29, 1.82) is 0 Å². The Morgan fingerprint density at radius 1 is 1.27 bits per heavy atom. The van der Waals surface area contributed by atoms with E-state index in [1.807, 2.05) is 6.92 Å². The highest BCUT2D eigenvalue weighted by molar-refractivity contribution is 5.32. The number of H-pyrrole nitrogens is 1. The predicted octanol–water partition coefficient (Wildman–Crippen LogP) is 2.80. The molecule has 2 rings (SSSR count). The third kappa shape index (κ3) is 4.24. The summed E-state index contributed by atoms with van der Waals surface area (Å²) in [5, 5.41) is 2.66. The number of hydrogen-bond acceptors (Lipinski definition) is 4. The fourth-order valence-corrected chi connectivity index (χ4v) is 1.74. The molecule has 1 aromatic carbocycles. The molecule has 0 amide bonds. The number of halogens is 3. The zero-order chi connectivity index (χ0) is 16.2. The zero-order valence-electron chi connectivity index (χ0n) is 11.7. The molecule has 0 radical (unpaired) electrons. The summed E-state index contributed by atoms with van der Waals surface area (Å²) >= 11 is 0. The summed E-state index contributed by atoms with van der Waals surface area (Å²) in [6, 6.07) is 7.46. The van der Waals surface area contributed by atoms with Crippen molar-refractivity contribution >= 4 is 5.95 Å². The van der Waals surface area contributed by atoms with Crippen LogP contribution in [0.3, 0.4) is 0 Å². The van der Waals surface area contributed by atoms with Gasteiger partial charge < -0.3 is 10.1 Å². The number of nitrogens with one attached hydrogen (secondary N) is 2. The number of benzene rings is 1. The summed E-state index contributed by atoms with van der Waals surface area (Å²) in [7, 11) is 0. The van der Waals surface area contributed by atoms with Gasteiger partial charge in [0, 0.05) is 12.6 Å². The molecule has 1 aromatic heterocycles. The third-order valence-corrected chi connectivity index (χ3v) is 2.73. The minimum atomic E-state index is -4.66. The number of nitrogens with zero attached hydrogens (tertiary/aromatic N) is 1. The Bertz CT molecular complexity index is 681. The van der Waals surface area contributed by atoms with E-state index in [4.69, 9.17) is 4.74 Å². The molecule has 2 aromatic rings. The van der Waals surface area contributed by atoms with Crippen molar-refractivity contribution in [1.82, 2.24) is 9.97 Å². The monoisotopic (exact) mass is 313 g/mol. The maximum Gasteiger partial charge on any atom is 0.433 e. The number of alkyl halides is 3. The van der Waals surface area contributed by atoms with Gasteiger partial charge in [0.2, 0.25) is 5.95 Å². The first-order valence-electron chi connectivity index (χ1n) is 6.52. The summed E-state index contributed by atoms with van der Waals surface area (Å²) in [6.45, 7) is 2.63. The Morgan fingerprint density at radius 3 is 2.55 bits per heavy atom. The van der Waals surface area contributed by atoms with Crippen molar-refractivity contribution in [2.24, 2.45) is 0 Å². The van der Waals surface area contributed by atoms with Crippen LogP contribution >= 0.6 is 0 Å². The van der Waals surface area contributed by atoms with Gasteiger partial charge in [-0.3, -0.25) is 9.78 Å². The van der Waals surface area contributed by atoms with Crippen molar-refractivity contribution in [3.8, 4) is 5.75 Å². The van der Waals surface area contributed by atoms with E-state index in [9.17, 15) is 18.0 Å². The van der Waals surface area contributed by atoms with Crippen LogP contribution in [-0.2, 0) is 12.7 Å². The number of aromatic nitrogens is 2. The Kier molecular flexibility index (Phi) is 4.69. The first kappa shape index (κ1) is 15.9. The molecule has 0 saturated carbocycles. The minimum Gasteiger partial charge on any atom is -0.494 e. The van der Waals surface area contributed by atoms with Crippen LogP contribution in [0.5, 0.6) is 5.75 Å². The normalized spacial score (nSPS) is 11.3. The maximum atomic E-state index is 12.6. The molecule has 1 heterocycles. The molecule has 8 heteroatoms. The van der Waals surface area contributed by atoms with Crippen LogP contribution in [0.25, 0.3) is 0 Å². The van der Waals surface area contributed by atoms with E-state index >= 15 is 0 Å². The first-order chi connectivity index (χ1) is 10.4. The molecule has 5 nitrogen and oxygen atoms in total. The second-order valence-electron chi connectivity index (χ2n) is 4.41. The molecule has 0 bridgehead atoms. The molecule has 118 valence electrons. The van der Waals surface area contributed by atoms with Crippen molar-refractivity contribution in [2.45, 2.75) is 19.6 Å². The largest absolute Gasteiger partial charge is 0.494 e. The predicted molar refractivity (Wildman–Crippen MR) is 74.8 cm³/mol. The summed E-state index contributed by atoms with van der Waals surface area (Å²) in [5.41, 5.74) is -1.29. The van der Waals surface area contributed by atoms with Gasteiger partial charge in [0.05, 0.1) is 6.61 Å². The Balaban J connectivity index is 2.08. The van der Waals surface area contributed by atoms with E-state index < -0.39 is 17.4 Å². The van der Waals surface area contributed by atoms with Crippen molar-refractivity contribution in [3.05, 3.63) is 51.9 Å². The molecular weight excluding hydrogens is 299 g/mol. The maximum absolute atomic E-state index is 12.6. The van der Waals surface area contributed by atoms with E-state index in [2.05, 4.69) is 15.3 Å². The van der Waals surface area contributed by atoms with Gasteiger partial charge in [-0.05, 0) is 24.6 Å². The first-order valence-corrected chi connectivity index (χ1v) is 6.52. The molecule has 22 heavy (non-hydrogen) atoms. The highest BCUT2D eigenvalue weighted by Crippen LogP contribution is 2.26. The average Bonchev–Trinajstić information content (AvgIpc) is 2.45. The molecule has 0 aliphatic rings. The number of rotatable bonds is 5. The summed E-state index contributed by atoms with van der Waals surface area (Å²) in [5.74, 6) is 0.477. The Morgan fingerprint density at radius 2 is 1.95 bits per heavy atom. The van der Waals surface area contributed by atoms with Gasteiger partial charge in [0.25, 0.3) is 5.56 Å². The molecule has 0 atom stereocenters. The van der Waals surface area contributed by atoms with E-state index in [1.165, 1.54) is 0 Å². The zero-order valence-corrected chi connectivity index (χ0v) is 11.7. The third-order valence-electron chi connectivity index (χ3n) is 2.73. The summed E-state index contributed by atoms with van der Waals surface area (Å²) < 4.78 is 43.0. The topological polar surface area (TPSA) is 67.0 Å². The van der Waals surface area contributed by atoms with Gasteiger partial charge in [-0.2, -0.15) is 13.2 Å². The van der Waals surface area contributed by atoms with Crippen LogP contribution in [0, 0.1) is 0 Å². The van der Waals surface area contributed by atoms with Gasteiger partial charge in [-0.25, -0.2) is 4.98 Å². The van der Waals surface area contributed by atoms with Crippen LogP contribution < -0.4 is 15.6 Å². The number of hydrogen-bond donors (Lipinski definition) is 2. The lowest BCUT2D eigenvalue weighted by Gasteiger charge is -2.09. The Labute approximate surface area is 124 Å². The summed E-state index contributed by atoms with van der Waals surface area (Å²) in [6.07, 6.45) is -4.66. The lowest BCUT2D eigenvalue weighted by Crippen LogP contribution is -2.18. The average molecular weight is 313 g/mol. The number of anilines is 1. The van der Waals surface area contributed by atoms with Gasteiger partial charge in [0.1, 0.15) is 5.75 Å². The van der Waals surface area contributed by atoms with Crippen LogP contribution in [0.15, 0.2) is 35.1 Å². The van der Waals surface area contributed by atoms with E-state index in [1.54, 1.807) is 24.3 Å². The number of ether oxygens (including phenoxy) is 1. The van der Waals surface area contributed by atoms with Gasteiger partial charge in [0.15, 0.2) is 5.69 Å². The van der Waals surface area contributed by atoms with Gasteiger partial charge >= 0.3 is 6.18 Å².